The second-order valence-corrected chi connectivity index (χ2v) is 7.73. The molecule has 0 spiro atoms. The summed E-state index contributed by atoms with van der Waals surface area (Å²) >= 11 is 6.03. The van der Waals surface area contributed by atoms with Gasteiger partial charge in [-0.15, -0.1) is 5.10 Å². The molecule has 190 valence electrons. The first-order chi connectivity index (χ1) is 17.3. The van der Waals surface area contributed by atoms with Gasteiger partial charge in [-0.25, -0.2) is 32.3 Å². The van der Waals surface area contributed by atoms with E-state index in [0.717, 1.165) is 23.1 Å². The van der Waals surface area contributed by atoms with Crippen LogP contribution in [-0.4, -0.2) is 48.6 Å². The third-order valence-corrected chi connectivity index (χ3v) is 5.42. The van der Waals surface area contributed by atoms with E-state index in [9.17, 15) is 27.5 Å². The van der Waals surface area contributed by atoms with Crippen molar-refractivity contribution in [3.63, 3.8) is 0 Å². The van der Waals surface area contributed by atoms with Gasteiger partial charge in [-0.2, -0.15) is 4.68 Å². The van der Waals surface area contributed by atoms with E-state index in [1.165, 1.54) is 22.8 Å². The number of aliphatic hydroxyl groups is 1. The van der Waals surface area contributed by atoms with Crippen LogP contribution in [0.15, 0.2) is 41.5 Å². The zero-order valence-electron chi connectivity index (χ0n) is 18.5. The standard InChI is InChI=1S/C22H18ClF4N5O4/c1-2-31-17(9-33)30-32(22(31)34)11-6-14-18(15(7-11)35-16(8-24)20(26)27)21(29-10-28-14)36-19-12(23)4-3-5-13(19)25/h3-7,10,16,20,33H,2,8-9H2,1H3. The van der Waals surface area contributed by atoms with Crippen molar-refractivity contribution in [1.29, 1.82) is 0 Å². The monoisotopic (exact) mass is 527 g/mol. The van der Waals surface area contributed by atoms with E-state index in [2.05, 4.69) is 15.1 Å². The quantitative estimate of drug-likeness (QED) is 0.327. The average molecular weight is 528 g/mol. The number of para-hydroxylation sites is 1. The van der Waals surface area contributed by atoms with E-state index in [1.807, 2.05) is 0 Å². The van der Waals surface area contributed by atoms with Crippen LogP contribution in [0.25, 0.3) is 16.6 Å². The highest BCUT2D eigenvalue weighted by Crippen LogP contribution is 2.39. The number of ether oxygens (including phenoxy) is 2. The molecule has 4 rings (SSSR count). The third-order valence-electron chi connectivity index (χ3n) is 5.12. The van der Waals surface area contributed by atoms with Crippen molar-refractivity contribution >= 4 is 22.5 Å². The van der Waals surface area contributed by atoms with Crippen molar-refractivity contribution in [2.45, 2.75) is 32.6 Å². The third kappa shape index (κ3) is 4.71. The van der Waals surface area contributed by atoms with Gasteiger partial charge in [0.25, 0.3) is 6.43 Å². The smallest absolute Gasteiger partial charge is 0.350 e. The number of halogens is 5. The van der Waals surface area contributed by atoms with Gasteiger partial charge in [0, 0.05) is 12.6 Å². The van der Waals surface area contributed by atoms with Crippen LogP contribution in [0.5, 0.6) is 17.4 Å². The Bertz CT molecular complexity index is 1440. The van der Waals surface area contributed by atoms with E-state index in [-0.39, 0.29) is 45.6 Å². The Kier molecular flexibility index (Phi) is 7.40. The molecule has 0 radical (unpaired) electrons. The molecule has 1 atom stereocenters. The summed E-state index contributed by atoms with van der Waals surface area (Å²) in [5.41, 5.74) is -0.591. The van der Waals surface area contributed by atoms with Crippen LogP contribution in [0.4, 0.5) is 17.6 Å². The molecule has 0 aliphatic rings. The van der Waals surface area contributed by atoms with Gasteiger partial charge in [0.1, 0.15) is 30.7 Å². The van der Waals surface area contributed by atoms with Gasteiger partial charge >= 0.3 is 5.69 Å². The molecule has 2 aromatic heterocycles. The lowest BCUT2D eigenvalue weighted by molar-refractivity contribution is -0.000439. The molecule has 4 aromatic rings. The van der Waals surface area contributed by atoms with E-state index >= 15 is 0 Å². The maximum absolute atomic E-state index is 14.3. The summed E-state index contributed by atoms with van der Waals surface area (Å²) in [5.74, 6) is -1.86. The zero-order valence-corrected chi connectivity index (χ0v) is 19.3. The Morgan fingerprint density at radius 1 is 1.22 bits per heavy atom. The number of alkyl halides is 3. The fourth-order valence-electron chi connectivity index (χ4n) is 3.43. The summed E-state index contributed by atoms with van der Waals surface area (Å²) in [6.45, 7) is -0.206. The van der Waals surface area contributed by atoms with Gasteiger partial charge in [0.05, 0.1) is 16.2 Å². The second kappa shape index (κ2) is 10.5. The molecule has 9 nitrogen and oxygen atoms in total. The van der Waals surface area contributed by atoms with Crippen LogP contribution in [0.2, 0.25) is 5.02 Å². The summed E-state index contributed by atoms with van der Waals surface area (Å²) in [6.07, 6.45) is -4.33. The number of hydrogen-bond acceptors (Lipinski definition) is 7. The second-order valence-electron chi connectivity index (χ2n) is 7.33. The molecule has 0 aliphatic carbocycles. The van der Waals surface area contributed by atoms with Gasteiger partial charge < -0.3 is 14.6 Å². The molecule has 2 aromatic carbocycles. The first-order valence-electron chi connectivity index (χ1n) is 10.5. The number of fused-ring (bicyclic) bond motifs is 1. The van der Waals surface area contributed by atoms with E-state index in [0.29, 0.717) is 0 Å². The Labute approximate surface area is 205 Å². The predicted molar refractivity (Wildman–Crippen MR) is 120 cm³/mol. The Hall–Kier alpha value is -3.71. The van der Waals surface area contributed by atoms with Crippen molar-refractivity contribution in [3.05, 3.63) is 63.8 Å². The van der Waals surface area contributed by atoms with Crippen LogP contribution >= 0.6 is 11.6 Å². The highest BCUT2D eigenvalue weighted by molar-refractivity contribution is 6.32. The number of aromatic nitrogens is 5. The highest BCUT2D eigenvalue weighted by Gasteiger charge is 2.26. The van der Waals surface area contributed by atoms with E-state index in [4.69, 9.17) is 21.1 Å². The van der Waals surface area contributed by atoms with Crippen molar-refractivity contribution in [1.82, 2.24) is 24.3 Å². The molecule has 0 fully saturated rings. The molecule has 0 saturated heterocycles. The minimum atomic E-state index is -3.20. The molecule has 2 heterocycles. The number of nitrogens with zero attached hydrogens (tertiary/aromatic N) is 5. The summed E-state index contributed by atoms with van der Waals surface area (Å²) in [7, 11) is 0. The van der Waals surface area contributed by atoms with Crippen LogP contribution in [0, 0.1) is 5.82 Å². The maximum Gasteiger partial charge on any atom is 0.350 e. The lowest BCUT2D eigenvalue weighted by atomic mass is 10.2. The van der Waals surface area contributed by atoms with E-state index < -0.39 is 43.1 Å². The number of rotatable bonds is 9. The predicted octanol–water partition coefficient (Wildman–Crippen LogP) is 4.06. The Morgan fingerprint density at radius 2 is 2.00 bits per heavy atom. The largest absolute Gasteiger partial charge is 0.481 e. The highest BCUT2D eigenvalue weighted by atomic mass is 35.5. The van der Waals surface area contributed by atoms with Crippen molar-refractivity contribution in [3.8, 4) is 23.1 Å². The Morgan fingerprint density at radius 3 is 2.61 bits per heavy atom. The number of aliphatic hydroxyl groups excluding tert-OH is 1. The summed E-state index contributed by atoms with van der Waals surface area (Å²) < 4.78 is 67.4. The van der Waals surface area contributed by atoms with Gasteiger partial charge in [-0.1, -0.05) is 17.7 Å². The van der Waals surface area contributed by atoms with Gasteiger partial charge in [-0.3, -0.25) is 4.57 Å². The van der Waals surface area contributed by atoms with Gasteiger partial charge in [0.15, 0.2) is 23.5 Å². The molecule has 0 saturated carbocycles. The summed E-state index contributed by atoms with van der Waals surface area (Å²) in [5, 5.41) is 13.4. The summed E-state index contributed by atoms with van der Waals surface area (Å²) in [4.78, 5) is 20.8. The number of benzene rings is 2. The molecule has 0 amide bonds. The lowest BCUT2D eigenvalue weighted by Gasteiger charge is -2.18. The minimum absolute atomic E-state index is 0.0184. The number of hydrogen-bond donors (Lipinski definition) is 1. The normalized spacial score (nSPS) is 12.3. The van der Waals surface area contributed by atoms with Crippen LogP contribution in [-0.2, 0) is 13.2 Å². The van der Waals surface area contributed by atoms with Crippen molar-refractivity contribution in [2.75, 3.05) is 6.67 Å². The molecule has 0 aliphatic heterocycles. The molecule has 0 bridgehead atoms. The van der Waals surface area contributed by atoms with Gasteiger partial charge in [-0.05, 0) is 25.1 Å². The van der Waals surface area contributed by atoms with Gasteiger partial charge in [0.2, 0.25) is 5.88 Å². The van der Waals surface area contributed by atoms with Crippen LogP contribution < -0.4 is 15.2 Å². The molecule has 36 heavy (non-hydrogen) atoms. The minimum Gasteiger partial charge on any atom is -0.481 e. The fourth-order valence-corrected chi connectivity index (χ4v) is 3.64. The van der Waals surface area contributed by atoms with Crippen molar-refractivity contribution < 1.29 is 32.1 Å². The molecular weight excluding hydrogens is 510 g/mol. The topological polar surface area (TPSA) is 104 Å². The van der Waals surface area contributed by atoms with E-state index in [1.54, 1.807) is 6.92 Å². The average Bonchev–Trinajstić information content (AvgIpc) is 3.19. The molecule has 1 unspecified atom stereocenters. The fraction of sp³-hybridized carbons (Fsp3) is 0.273. The first kappa shape index (κ1) is 25.4. The van der Waals surface area contributed by atoms with Crippen LogP contribution in [0.1, 0.15) is 12.7 Å². The molecule has 14 heteroatoms. The zero-order chi connectivity index (χ0) is 26.0. The van der Waals surface area contributed by atoms with Crippen LogP contribution in [0.3, 0.4) is 0 Å². The first-order valence-corrected chi connectivity index (χ1v) is 10.9. The maximum atomic E-state index is 14.3. The lowest BCUT2D eigenvalue weighted by Crippen LogP contribution is -2.28. The molecule has 1 N–H and O–H groups in total. The SMILES string of the molecule is CCn1c(CO)nn(-c2cc(OC(CF)C(F)F)c3c(Oc4c(F)cccc4Cl)ncnc3c2)c1=O. The summed E-state index contributed by atoms with van der Waals surface area (Å²) in [6, 6.07) is 6.30. The Balaban J connectivity index is 1.95. The molecular formula is C22H18ClF4N5O4. The van der Waals surface area contributed by atoms with Crippen molar-refractivity contribution in [2.24, 2.45) is 0 Å².